The third-order valence-corrected chi connectivity index (χ3v) is 3.18. The summed E-state index contributed by atoms with van der Waals surface area (Å²) in [6.45, 7) is 3.74. The SMILES string of the molecule is Cc1ccc(C)n1-c1ccc(F)c(C(=O)O)c1Cl. The number of rotatable bonds is 2. The van der Waals surface area contributed by atoms with Crippen LogP contribution in [0.1, 0.15) is 21.7 Å². The highest BCUT2D eigenvalue weighted by Gasteiger charge is 2.20. The summed E-state index contributed by atoms with van der Waals surface area (Å²) >= 11 is 6.00. The van der Waals surface area contributed by atoms with Gasteiger partial charge in [-0.15, -0.1) is 0 Å². The van der Waals surface area contributed by atoms with Crippen molar-refractivity contribution in [2.45, 2.75) is 13.8 Å². The summed E-state index contributed by atoms with van der Waals surface area (Å²) in [5.74, 6) is -2.21. The molecule has 0 bridgehead atoms. The van der Waals surface area contributed by atoms with E-state index in [1.807, 2.05) is 26.0 Å². The lowest BCUT2D eigenvalue weighted by molar-refractivity contribution is 0.0692. The van der Waals surface area contributed by atoms with Crippen molar-refractivity contribution in [3.63, 3.8) is 0 Å². The molecule has 1 heterocycles. The zero-order chi connectivity index (χ0) is 13.4. The topological polar surface area (TPSA) is 42.2 Å². The lowest BCUT2D eigenvalue weighted by Crippen LogP contribution is -2.07. The van der Waals surface area contributed by atoms with E-state index in [1.165, 1.54) is 6.07 Å². The average molecular weight is 268 g/mol. The summed E-state index contributed by atoms with van der Waals surface area (Å²) in [6.07, 6.45) is 0. The summed E-state index contributed by atoms with van der Waals surface area (Å²) in [4.78, 5) is 11.0. The minimum atomic E-state index is -1.37. The number of aromatic nitrogens is 1. The van der Waals surface area contributed by atoms with Crippen molar-refractivity contribution >= 4 is 17.6 Å². The number of carbonyl (C=O) groups is 1. The Balaban J connectivity index is 2.75. The molecule has 0 fully saturated rings. The zero-order valence-corrected chi connectivity index (χ0v) is 10.6. The van der Waals surface area contributed by atoms with Gasteiger partial charge in [0.2, 0.25) is 0 Å². The van der Waals surface area contributed by atoms with E-state index < -0.39 is 17.3 Å². The van der Waals surface area contributed by atoms with Gasteiger partial charge in [-0.3, -0.25) is 0 Å². The highest BCUT2D eigenvalue weighted by molar-refractivity contribution is 6.35. The Labute approximate surface area is 108 Å². The van der Waals surface area contributed by atoms with Gasteiger partial charge in [-0.1, -0.05) is 11.6 Å². The van der Waals surface area contributed by atoms with Crippen LogP contribution < -0.4 is 0 Å². The van der Waals surface area contributed by atoms with Crippen molar-refractivity contribution in [1.29, 1.82) is 0 Å². The Bertz CT molecular complexity index is 615. The average Bonchev–Trinajstić information content (AvgIpc) is 2.59. The maximum absolute atomic E-state index is 13.4. The summed E-state index contributed by atoms with van der Waals surface area (Å²) in [5, 5.41) is 8.88. The van der Waals surface area contributed by atoms with Crippen molar-refractivity contribution in [3.8, 4) is 5.69 Å². The first kappa shape index (κ1) is 12.6. The van der Waals surface area contributed by atoms with Crippen LogP contribution in [-0.4, -0.2) is 15.6 Å². The molecule has 0 amide bonds. The molecule has 2 aromatic rings. The Morgan fingerprint density at radius 1 is 1.22 bits per heavy atom. The number of halogens is 2. The van der Waals surface area contributed by atoms with Crippen LogP contribution in [0, 0.1) is 19.7 Å². The van der Waals surface area contributed by atoms with E-state index in [0.717, 1.165) is 17.5 Å². The molecule has 0 aliphatic rings. The molecule has 18 heavy (non-hydrogen) atoms. The van der Waals surface area contributed by atoms with Crippen molar-refractivity contribution in [2.75, 3.05) is 0 Å². The molecule has 5 heteroatoms. The molecule has 1 aromatic carbocycles. The van der Waals surface area contributed by atoms with Gasteiger partial charge in [0, 0.05) is 11.4 Å². The number of nitrogens with zero attached hydrogens (tertiary/aromatic N) is 1. The van der Waals surface area contributed by atoms with Crippen LogP contribution in [0.3, 0.4) is 0 Å². The van der Waals surface area contributed by atoms with Crippen molar-refractivity contribution in [1.82, 2.24) is 4.57 Å². The summed E-state index contributed by atoms with van der Waals surface area (Å²) in [5.41, 5.74) is 1.77. The number of carboxylic acids is 1. The molecule has 0 aliphatic heterocycles. The highest BCUT2D eigenvalue weighted by Crippen LogP contribution is 2.29. The predicted molar refractivity (Wildman–Crippen MR) is 67.2 cm³/mol. The van der Waals surface area contributed by atoms with Gasteiger partial charge in [-0.05, 0) is 38.1 Å². The number of hydrogen-bond acceptors (Lipinski definition) is 1. The van der Waals surface area contributed by atoms with Crippen molar-refractivity contribution in [2.24, 2.45) is 0 Å². The van der Waals surface area contributed by atoms with E-state index in [-0.39, 0.29) is 5.02 Å². The van der Waals surface area contributed by atoms with Gasteiger partial charge < -0.3 is 9.67 Å². The molecular formula is C13H11ClFNO2. The highest BCUT2D eigenvalue weighted by atomic mass is 35.5. The normalized spacial score (nSPS) is 10.7. The molecule has 2 rings (SSSR count). The van der Waals surface area contributed by atoms with Gasteiger partial charge in [-0.25, -0.2) is 9.18 Å². The van der Waals surface area contributed by atoms with Gasteiger partial charge in [0.15, 0.2) is 0 Å². The van der Waals surface area contributed by atoms with Crippen LogP contribution in [0.25, 0.3) is 5.69 Å². The van der Waals surface area contributed by atoms with E-state index in [0.29, 0.717) is 5.69 Å². The fourth-order valence-electron chi connectivity index (χ4n) is 1.96. The molecule has 0 aliphatic carbocycles. The van der Waals surface area contributed by atoms with Crippen LogP contribution in [0.4, 0.5) is 4.39 Å². The van der Waals surface area contributed by atoms with E-state index in [2.05, 4.69) is 0 Å². The largest absolute Gasteiger partial charge is 0.478 e. The predicted octanol–water partition coefficient (Wildman–Crippen LogP) is 3.58. The van der Waals surface area contributed by atoms with Crippen LogP contribution in [0.15, 0.2) is 24.3 Å². The van der Waals surface area contributed by atoms with E-state index in [4.69, 9.17) is 16.7 Å². The first-order valence-electron chi connectivity index (χ1n) is 5.30. The number of aromatic carboxylic acids is 1. The molecule has 0 saturated heterocycles. The Kier molecular flexibility index (Phi) is 3.13. The fourth-order valence-corrected chi connectivity index (χ4v) is 2.28. The molecular weight excluding hydrogens is 257 g/mol. The standard InChI is InChI=1S/C13H11ClFNO2/c1-7-3-4-8(2)16(7)10-6-5-9(15)11(12(10)14)13(17)18/h3-6H,1-2H3,(H,17,18). The maximum atomic E-state index is 13.4. The van der Waals surface area contributed by atoms with Gasteiger partial charge in [0.25, 0.3) is 0 Å². The summed E-state index contributed by atoms with van der Waals surface area (Å²) in [7, 11) is 0. The van der Waals surface area contributed by atoms with Crippen LogP contribution in [0.5, 0.6) is 0 Å². The second kappa shape index (κ2) is 4.46. The van der Waals surface area contributed by atoms with E-state index in [1.54, 1.807) is 4.57 Å². The minimum Gasteiger partial charge on any atom is -0.478 e. The smallest absolute Gasteiger partial charge is 0.340 e. The molecule has 0 unspecified atom stereocenters. The lowest BCUT2D eigenvalue weighted by Gasteiger charge is -2.13. The third-order valence-electron chi connectivity index (χ3n) is 2.80. The lowest BCUT2D eigenvalue weighted by atomic mass is 10.1. The fraction of sp³-hybridized carbons (Fsp3) is 0.154. The Morgan fingerprint density at radius 3 is 2.28 bits per heavy atom. The Morgan fingerprint density at radius 2 is 1.78 bits per heavy atom. The molecule has 1 aromatic heterocycles. The van der Waals surface area contributed by atoms with Crippen LogP contribution in [0.2, 0.25) is 5.02 Å². The molecule has 3 nitrogen and oxygen atoms in total. The summed E-state index contributed by atoms with van der Waals surface area (Å²) in [6, 6.07) is 6.36. The number of benzene rings is 1. The van der Waals surface area contributed by atoms with Crippen LogP contribution in [-0.2, 0) is 0 Å². The van der Waals surface area contributed by atoms with Crippen molar-refractivity contribution in [3.05, 3.63) is 52.1 Å². The number of aryl methyl sites for hydroxylation is 2. The molecule has 0 radical (unpaired) electrons. The third kappa shape index (κ3) is 1.88. The zero-order valence-electron chi connectivity index (χ0n) is 9.87. The minimum absolute atomic E-state index is 0.0927. The quantitative estimate of drug-likeness (QED) is 0.904. The maximum Gasteiger partial charge on any atom is 0.340 e. The molecule has 94 valence electrons. The van der Waals surface area contributed by atoms with Crippen molar-refractivity contribution < 1.29 is 14.3 Å². The number of carboxylic acid groups (broad SMARTS) is 1. The Hall–Kier alpha value is -1.81. The van der Waals surface area contributed by atoms with E-state index >= 15 is 0 Å². The van der Waals surface area contributed by atoms with Gasteiger partial charge in [-0.2, -0.15) is 0 Å². The summed E-state index contributed by atoms with van der Waals surface area (Å²) < 4.78 is 15.2. The molecule has 1 N–H and O–H groups in total. The monoisotopic (exact) mass is 267 g/mol. The number of hydrogen-bond donors (Lipinski definition) is 1. The van der Waals surface area contributed by atoms with Gasteiger partial charge >= 0.3 is 5.97 Å². The molecule has 0 saturated carbocycles. The van der Waals surface area contributed by atoms with Gasteiger partial charge in [0.1, 0.15) is 11.4 Å². The second-order valence-corrected chi connectivity index (χ2v) is 4.39. The first-order valence-corrected chi connectivity index (χ1v) is 5.68. The van der Waals surface area contributed by atoms with Crippen LogP contribution >= 0.6 is 11.6 Å². The van der Waals surface area contributed by atoms with E-state index in [9.17, 15) is 9.18 Å². The molecule has 0 spiro atoms. The first-order chi connectivity index (χ1) is 8.43. The second-order valence-electron chi connectivity index (χ2n) is 4.01. The molecule has 0 atom stereocenters. The van der Waals surface area contributed by atoms with Gasteiger partial charge in [0.05, 0.1) is 10.7 Å².